The third kappa shape index (κ3) is 5.45. The number of nitrogens with one attached hydrogen (secondary N) is 1. The van der Waals surface area contributed by atoms with E-state index in [1.807, 2.05) is 44.2 Å². The van der Waals surface area contributed by atoms with E-state index < -0.39 is 0 Å². The first kappa shape index (κ1) is 17.1. The molecule has 0 fully saturated rings. The third-order valence-electron chi connectivity index (χ3n) is 3.33. The molecule has 0 aliphatic rings. The SMILES string of the molecule is CC(=NNC(=O)C(C)SCc1ccccc1)c1ccc(O)cc1. The lowest BCUT2D eigenvalue weighted by Crippen LogP contribution is -2.27. The number of phenols is 1. The molecule has 4 nitrogen and oxygen atoms in total. The topological polar surface area (TPSA) is 61.7 Å². The van der Waals surface area contributed by atoms with Crippen LogP contribution in [0.3, 0.4) is 0 Å². The maximum atomic E-state index is 12.1. The van der Waals surface area contributed by atoms with E-state index in [2.05, 4.69) is 10.5 Å². The fourth-order valence-corrected chi connectivity index (χ4v) is 2.71. The first-order valence-electron chi connectivity index (χ1n) is 7.35. The normalized spacial score (nSPS) is 12.7. The van der Waals surface area contributed by atoms with E-state index in [9.17, 15) is 9.90 Å². The Morgan fingerprint density at radius 1 is 1.17 bits per heavy atom. The fraction of sp³-hybridized carbons (Fsp3) is 0.222. The molecule has 0 saturated carbocycles. The summed E-state index contributed by atoms with van der Waals surface area (Å²) in [6.45, 7) is 3.68. The van der Waals surface area contributed by atoms with Crippen LogP contribution in [0.15, 0.2) is 59.7 Å². The van der Waals surface area contributed by atoms with Crippen LogP contribution >= 0.6 is 11.8 Å². The van der Waals surface area contributed by atoms with Crippen molar-refractivity contribution in [1.82, 2.24) is 5.43 Å². The van der Waals surface area contributed by atoms with E-state index in [-0.39, 0.29) is 16.9 Å². The zero-order chi connectivity index (χ0) is 16.7. The third-order valence-corrected chi connectivity index (χ3v) is 4.55. The molecule has 2 aromatic carbocycles. The second-order valence-corrected chi connectivity index (χ2v) is 6.49. The minimum Gasteiger partial charge on any atom is -0.508 e. The van der Waals surface area contributed by atoms with E-state index in [1.54, 1.807) is 36.0 Å². The van der Waals surface area contributed by atoms with Crippen LogP contribution in [0.1, 0.15) is 25.0 Å². The minimum absolute atomic E-state index is 0.121. The minimum atomic E-state index is -0.188. The van der Waals surface area contributed by atoms with Crippen molar-refractivity contribution < 1.29 is 9.90 Å². The Labute approximate surface area is 140 Å². The van der Waals surface area contributed by atoms with Crippen LogP contribution < -0.4 is 5.43 Å². The van der Waals surface area contributed by atoms with Crippen LogP contribution in [0, 0.1) is 0 Å². The van der Waals surface area contributed by atoms with Gasteiger partial charge in [-0.15, -0.1) is 11.8 Å². The number of carbonyl (C=O) groups excluding carboxylic acids is 1. The number of phenolic OH excluding ortho intramolecular Hbond substituents is 1. The first-order valence-corrected chi connectivity index (χ1v) is 8.40. The number of carbonyl (C=O) groups is 1. The van der Waals surface area contributed by atoms with Crippen molar-refractivity contribution in [3.63, 3.8) is 0 Å². The molecule has 1 unspecified atom stereocenters. The molecule has 2 rings (SSSR count). The first-order chi connectivity index (χ1) is 11.1. The van der Waals surface area contributed by atoms with Gasteiger partial charge in [0.2, 0.25) is 0 Å². The zero-order valence-electron chi connectivity index (χ0n) is 13.2. The monoisotopic (exact) mass is 328 g/mol. The Kier molecular flexibility index (Phi) is 6.23. The molecule has 0 spiro atoms. The zero-order valence-corrected chi connectivity index (χ0v) is 14.0. The van der Waals surface area contributed by atoms with Gasteiger partial charge in [-0.3, -0.25) is 4.79 Å². The van der Waals surface area contributed by atoms with Crippen molar-refractivity contribution in [2.24, 2.45) is 5.10 Å². The number of aromatic hydroxyl groups is 1. The average molecular weight is 328 g/mol. The smallest absolute Gasteiger partial charge is 0.252 e. The summed E-state index contributed by atoms with van der Waals surface area (Å²) in [7, 11) is 0. The maximum absolute atomic E-state index is 12.1. The molecule has 5 heteroatoms. The van der Waals surface area contributed by atoms with Crippen molar-refractivity contribution in [3.05, 3.63) is 65.7 Å². The summed E-state index contributed by atoms with van der Waals surface area (Å²) in [5.41, 5.74) is 5.34. The number of hydrogen-bond acceptors (Lipinski definition) is 4. The highest BCUT2D eigenvalue weighted by molar-refractivity contribution is 7.99. The van der Waals surface area contributed by atoms with Gasteiger partial charge >= 0.3 is 0 Å². The summed E-state index contributed by atoms with van der Waals surface area (Å²) >= 11 is 1.57. The number of benzene rings is 2. The number of hydrogen-bond donors (Lipinski definition) is 2. The number of rotatable bonds is 6. The molecule has 23 heavy (non-hydrogen) atoms. The van der Waals surface area contributed by atoms with E-state index in [0.29, 0.717) is 5.71 Å². The molecule has 0 radical (unpaired) electrons. The van der Waals surface area contributed by atoms with Crippen molar-refractivity contribution in [1.29, 1.82) is 0 Å². The van der Waals surface area contributed by atoms with Gasteiger partial charge in [-0.1, -0.05) is 30.3 Å². The number of amides is 1. The van der Waals surface area contributed by atoms with E-state index in [0.717, 1.165) is 11.3 Å². The molecule has 0 aromatic heterocycles. The lowest BCUT2D eigenvalue weighted by Gasteiger charge is -2.10. The molecule has 2 N–H and O–H groups in total. The molecule has 1 atom stereocenters. The Morgan fingerprint density at radius 3 is 2.48 bits per heavy atom. The predicted octanol–water partition coefficient (Wildman–Crippen LogP) is 3.55. The second kappa shape index (κ2) is 8.39. The molecule has 0 bridgehead atoms. The standard InChI is InChI=1S/C18H20N2O2S/c1-13(16-8-10-17(21)11-9-16)19-20-18(22)14(2)23-12-15-6-4-3-5-7-15/h3-11,14,21H,12H2,1-2H3,(H,20,22). The van der Waals surface area contributed by atoms with Gasteiger partial charge < -0.3 is 5.11 Å². The van der Waals surface area contributed by atoms with Crippen molar-refractivity contribution in [2.75, 3.05) is 0 Å². The highest BCUT2D eigenvalue weighted by Crippen LogP contribution is 2.17. The van der Waals surface area contributed by atoms with Crippen LogP contribution in [0.25, 0.3) is 0 Å². The Hall–Kier alpha value is -2.27. The molecule has 0 aliphatic carbocycles. The summed E-state index contributed by atoms with van der Waals surface area (Å²) in [5, 5.41) is 13.2. The molecular weight excluding hydrogens is 308 g/mol. The molecule has 0 aliphatic heterocycles. The van der Waals surface area contributed by atoms with Gasteiger partial charge in [-0.25, -0.2) is 5.43 Å². The Morgan fingerprint density at radius 2 is 1.83 bits per heavy atom. The lowest BCUT2D eigenvalue weighted by atomic mass is 10.1. The van der Waals surface area contributed by atoms with Gasteiger partial charge in [-0.05, 0) is 49.2 Å². The summed E-state index contributed by atoms with van der Waals surface area (Å²) in [5.74, 6) is 0.872. The molecule has 2 aromatic rings. The van der Waals surface area contributed by atoms with Crippen LogP contribution in [0.5, 0.6) is 5.75 Å². The van der Waals surface area contributed by atoms with E-state index in [1.165, 1.54) is 5.56 Å². The van der Waals surface area contributed by atoms with Crippen molar-refractivity contribution in [2.45, 2.75) is 24.9 Å². The van der Waals surface area contributed by atoms with Gasteiger partial charge in [0, 0.05) is 5.75 Å². The number of hydrazone groups is 1. The van der Waals surface area contributed by atoms with Crippen LogP contribution in [-0.4, -0.2) is 22.0 Å². The van der Waals surface area contributed by atoms with Gasteiger partial charge in [0.15, 0.2) is 0 Å². The Bertz CT molecular complexity index is 669. The summed E-state index contributed by atoms with van der Waals surface area (Å²) < 4.78 is 0. The van der Waals surface area contributed by atoms with E-state index in [4.69, 9.17) is 0 Å². The molecular formula is C18H20N2O2S. The highest BCUT2D eigenvalue weighted by atomic mass is 32.2. The average Bonchev–Trinajstić information content (AvgIpc) is 2.58. The number of nitrogens with zero attached hydrogens (tertiary/aromatic N) is 1. The van der Waals surface area contributed by atoms with Crippen LogP contribution in [-0.2, 0) is 10.5 Å². The second-order valence-electron chi connectivity index (χ2n) is 5.16. The lowest BCUT2D eigenvalue weighted by molar-refractivity contribution is -0.120. The Balaban J connectivity index is 1.85. The van der Waals surface area contributed by atoms with Gasteiger partial charge in [0.05, 0.1) is 11.0 Å². The maximum Gasteiger partial charge on any atom is 0.252 e. The van der Waals surface area contributed by atoms with Crippen LogP contribution in [0.2, 0.25) is 0 Å². The summed E-state index contributed by atoms with van der Waals surface area (Å²) in [6, 6.07) is 16.8. The van der Waals surface area contributed by atoms with Crippen LogP contribution in [0.4, 0.5) is 0 Å². The van der Waals surface area contributed by atoms with Crippen molar-refractivity contribution >= 4 is 23.4 Å². The summed E-state index contributed by atoms with van der Waals surface area (Å²) in [6.07, 6.45) is 0. The molecule has 0 saturated heterocycles. The largest absolute Gasteiger partial charge is 0.508 e. The molecule has 120 valence electrons. The predicted molar refractivity (Wildman–Crippen MR) is 95.7 cm³/mol. The van der Waals surface area contributed by atoms with Gasteiger partial charge in [0.25, 0.3) is 5.91 Å². The quantitative estimate of drug-likeness (QED) is 0.629. The van der Waals surface area contributed by atoms with E-state index >= 15 is 0 Å². The van der Waals surface area contributed by atoms with Gasteiger partial charge in [0.1, 0.15) is 5.75 Å². The summed E-state index contributed by atoms with van der Waals surface area (Å²) in [4.78, 5) is 12.1. The fourth-order valence-electron chi connectivity index (χ4n) is 1.87. The molecule has 0 heterocycles. The van der Waals surface area contributed by atoms with Crippen molar-refractivity contribution in [3.8, 4) is 5.75 Å². The number of thioether (sulfide) groups is 1. The highest BCUT2D eigenvalue weighted by Gasteiger charge is 2.13. The van der Waals surface area contributed by atoms with Gasteiger partial charge in [-0.2, -0.15) is 5.10 Å². The molecule has 1 amide bonds.